The number of carbonyl (C=O) groups excluding carboxylic acids is 1. The number of aromatic nitrogens is 1. The lowest BCUT2D eigenvalue weighted by Gasteiger charge is -1.99. The molecular formula is C15H12FN3O2S. The van der Waals surface area contributed by atoms with E-state index in [0.717, 1.165) is 11.8 Å². The Labute approximate surface area is 130 Å². The van der Waals surface area contributed by atoms with Crippen molar-refractivity contribution in [1.82, 2.24) is 4.98 Å². The molecule has 22 heavy (non-hydrogen) atoms. The second-order valence-electron chi connectivity index (χ2n) is 4.38. The molecule has 0 aliphatic rings. The fourth-order valence-electron chi connectivity index (χ4n) is 1.64. The number of Topliss-reactive ketones (excluding diaryl/α,β-unsaturated/α-hetero) is 1. The Balaban J connectivity index is 2.04. The summed E-state index contributed by atoms with van der Waals surface area (Å²) in [6.07, 6.45) is 1.50. The highest BCUT2D eigenvalue weighted by Crippen LogP contribution is 2.26. The van der Waals surface area contributed by atoms with E-state index in [1.165, 1.54) is 25.3 Å². The van der Waals surface area contributed by atoms with Gasteiger partial charge < -0.3 is 10.2 Å². The van der Waals surface area contributed by atoms with Gasteiger partial charge in [0.2, 0.25) is 0 Å². The second-order valence-corrected chi connectivity index (χ2v) is 5.31. The Kier molecular flexibility index (Phi) is 4.96. The molecule has 0 saturated heterocycles. The third kappa shape index (κ3) is 3.74. The summed E-state index contributed by atoms with van der Waals surface area (Å²) in [5.41, 5.74) is 6.28. The summed E-state index contributed by atoms with van der Waals surface area (Å²) < 4.78 is 18.3. The van der Waals surface area contributed by atoms with Crippen LogP contribution in [0.3, 0.4) is 0 Å². The number of hydrogen-bond donors (Lipinski definition) is 1. The molecule has 5 nitrogen and oxygen atoms in total. The van der Waals surface area contributed by atoms with E-state index in [1.54, 1.807) is 18.2 Å². The molecule has 1 heterocycles. The van der Waals surface area contributed by atoms with Crippen molar-refractivity contribution in [2.45, 2.75) is 12.1 Å². The molecule has 0 amide bonds. The highest BCUT2D eigenvalue weighted by Gasteiger charge is 2.14. The Hall–Kier alpha value is -2.59. The minimum atomic E-state index is -0.381. The molecule has 112 valence electrons. The maximum atomic E-state index is 12.9. The van der Waals surface area contributed by atoms with Crippen molar-refractivity contribution >= 4 is 17.5 Å². The first-order chi connectivity index (χ1) is 10.5. The third-order valence-electron chi connectivity index (χ3n) is 2.72. The van der Waals surface area contributed by atoms with Gasteiger partial charge in [-0.25, -0.2) is 9.37 Å². The van der Waals surface area contributed by atoms with Gasteiger partial charge in [0, 0.05) is 11.3 Å². The average molecular weight is 317 g/mol. The molecule has 0 unspecified atom stereocenters. The van der Waals surface area contributed by atoms with Crippen molar-refractivity contribution in [2.75, 3.05) is 5.75 Å². The molecule has 2 N–H and O–H groups in total. The van der Waals surface area contributed by atoms with Crippen molar-refractivity contribution < 1.29 is 13.6 Å². The van der Waals surface area contributed by atoms with Crippen LogP contribution in [0.15, 0.2) is 51.4 Å². The molecule has 0 fully saturated rings. The molecule has 0 bridgehead atoms. The van der Waals surface area contributed by atoms with Gasteiger partial charge in [0.05, 0.1) is 11.9 Å². The van der Waals surface area contributed by atoms with Gasteiger partial charge >= 0.3 is 0 Å². The van der Waals surface area contributed by atoms with Crippen LogP contribution in [-0.2, 0) is 4.79 Å². The maximum Gasteiger partial charge on any atom is 0.256 e. The van der Waals surface area contributed by atoms with E-state index in [4.69, 9.17) is 15.4 Å². The van der Waals surface area contributed by atoms with Crippen LogP contribution < -0.4 is 5.73 Å². The van der Waals surface area contributed by atoms with Crippen molar-refractivity contribution in [3.8, 4) is 17.4 Å². The van der Waals surface area contributed by atoms with E-state index in [9.17, 15) is 9.18 Å². The zero-order valence-corrected chi connectivity index (χ0v) is 12.5. The predicted molar refractivity (Wildman–Crippen MR) is 80.1 cm³/mol. The molecule has 1 aromatic carbocycles. The average Bonchev–Trinajstić information content (AvgIpc) is 2.95. The first-order valence-corrected chi connectivity index (χ1v) is 7.24. The Morgan fingerprint density at radius 3 is 2.73 bits per heavy atom. The smallest absolute Gasteiger partial charge is 0.256 e. The number of nitriles is 1. The van der Waals surface area contributed by atoms with Crippen molar-refractivity contribution in [1.29, 1.82) is 5.26 Å². The molecule has 2 aromatic rings. The van der Waals surface area contributed by atoms with Gasteiger partial charge in [0.25, 0.3) is 5.22 Å². The van der Waals surface area contributed by atoms with Crippen LogP contribution in [-0.4, -0.2) is 16.5 Å². The zero-order chi connectivity index (χ0) is 16.1. The minimum absolute atomic E-state index is 0.000798. The quantitative estimate of drug-likeness (QED) is 0.518. The predicted octanol–water partition coefficient (Wildman–Crippen LogP) is 2.90. The van der Waals surface area contributed by atoms with Crippen molar-refractivity contribution in [3.63, 3.8) is 0 Å². The van der Waals surface area contributed by atoms with E-state index >= 15 is 0 Å². The second kappa shape index (κ2) is 6.91. The summed E-state index contributed by atoms with van der Waals surface area (Å²) in [7, 11) is 0. The van der Waals surface area contributed by atoms with E-state index in [2.05, 4.69) is 4.98 Å². The highest BCUT2D eigenvalue weighted by molar-refractivity contribution is 7.99. The van der Waals surface area contributed by atoms with E-state index < -0.39 is 0 Å². The lowest BCUT2D eigenvalue weighted by atomic mass is 10.2. The van der Waals surface area contributed by atoms with Crippen molar-refractivity contribution in [3.05, 3.63) is 47.5 Å². The molecule has 0 spiro atoms. The normalized spacial score (nSPS) is 11.7. The van der Waals surface area contributed by atoms with Gasteiger partial charge in [-0.1, -0.05) is 11.8 Å². The molecule has 0 atom stereocenters. The fourth-order valence-corrected chi connectivity index (χ4v) is 2.32. The standard InChI is InChI=1S/C15H12FN3O2S/c1-9(18)12(6-17)13(20)8-22-15-19-7-14(21-15)10-2-4-11(16)5-3-10/h2-5,7H,8,18H2,1H3/b12-9+. The van der Waals surface area contributed by atoms with Gasteiger partial charge in [0.1, 0.15) is 17.5 Å². The van der Waals surface area contributed by atoms with Gasteiger partial charge in [0.15, 0.2) is 11.5 Å². The fraction of sp³-hybridized carbons (Fsp3) is 0.133. The van der Waals surface area contributed by atoms with Crippen LogP contribution in [0.25, 0.3) is 11.3 Å². The molecule has 1 aromatic heterocycles. The number of nitrogens with zero attached hydrogens (tertiary/aromatic N) is 2. The third-order valence-corrected chi connectivity index (χ3v) is 3.57. The van der Waals surface area contributed by atoms with Crippen LogP contribution >= 0.6 is 11.8 Å². The lowest BCUT2D eigenvalue weighted by molar-refractivity contribution is -0.112. The van der Waals surface area contributed by atoms with Crippen LogP contribution in [0, 0.1) is 17.1 Å². The summed E-state index contributed by atoms with van der Waals surface area (Å²) in [6.45, 7) is 1.50. The van der Waals surface area contributed by atoms with E-state index in [1.807, 2.05) is 0 Å². The number of carbonyl (C=O) groups is 1. The number of allylic oxidation sites excluding steroid dienone is 2. The van der Waals surface area contributed by atoms with Gasteiger partial charge in [-0.05, 0) is 31.2 Å². The number of ketones is 1. The minimum Gasteiger partial charge on any atom is -0.431 e. The Bertz CT molecular complexity index is 756. The van der Waals surface area contributed by atoms with Gasteiger partial charge in [-0.15, -0.1) is 0 Å². The molecule has 0 aliphatic carbocycles. The summed E-state index contributed by atoms with van der Waals surface area (Å²) in [5.74, 6) is -0.243. The molecule has 0 radical (unpaired) electrons. The first-order valence-electron chi connectivity index (χ1n) is 6.25. The van der Waals surface area contributed by atoms with Crippen LogP contribution in [0.2, 0.25) is 0 Å². The molecule has 0 saturated carbocycles. The highest BCUT2D eigenvalue weighted by atomic mass is 32.2. The molecule has 2 rings (SSSR count). The summed E-state index contributed by atoms with van der Waals surface area (Å²) >= 11 is 1.07. The summed E-state index contributed by atoms with van der Waals surface area (Å²) in [4.78, 5) is 15.8. The first kappa shape index (κ1) is 15.8. The Morgan fingerprint density at radius 2 is 2.14 bits per heavy atom. The Morgan fingerprint density at radius 1 is 1.45 bits per heavy atom. The van der Waals surface area contributed by atoms with Crippen LogP contribution in [0.1, 0.15) is 6.92 Å². The number of nitrogens with two attached hydrogens (primary N) is 1. The number of oxazole rings is 1. The lowest BCUT2D eigenvalue weighted by Crippen LogP contribution is -2.10. The monoisotopic (exact) mass is 317 g/mol. The van der Waals surface area contributed by atoms with E-state index in [0.29, 0.717) is 16.5 Å². The maximum absolute atomic E-state index is 12.9. The number of hydrogen-bond acceptors (Lipinski definition) is 6. The number of rotatable bonds is 5. The number of thioether (sulfide) groups is 1. The SMILES string of the molecule is C/C(N)=C(/C#N)C(=O)CSc1ncc(-c2ccc(F)cc2)o1. The zero-order valence-electron chi connectivity index (χ0n) is 11.7. The van der Waals surface area contributed by atoms with Crippen LogP contribution in [0.4, 0.5) is 4.39 Å². The molecule has 7 heteroatoms. The van der Waals surface area contributed by atoms with E-state index in [-0.39, 0.29) is 28.6 Å². The number of halogens is 1. The summed E-state index contributed by atoms with van der Waals surface area (Å²) in [5, 5.41) is 9.14. The summed E-state index contributed by atoms with van der Waals surface area (Å²) in [6, 6.07) is 7.57. The topological polar surface area (TPSA) is 92.9 Å². The molecular weight excluding hydrogens is 305 g/mol. The van der Waals surface area contributed by atoms with Gasteiger partial charge in [-0.2, -0.15) is 5.26 Å². The van der Waals surface area contributed by atoms with Gasteiger partial charge in [-0.3, -0.25) is 4.79 Å². The molecule has 0 aliphatic heterocycles. The van der Waals surface area contributed by atoms with Crippen molar-refractivity contribution in [2.24, 2.45) is 5.73 Å². The number of benzene rings is 1. The largest absolute Gasteiger partial charge is 0.431 e. The van der Waals surface area contributed by atoms with Crippen LogP contribution in [0.5, 0.6) is 0 Å².